The van der Waals surface area contributed by atoms with Crippen molar-refractivity contribution in [3.63, 3.8) is 0 Å². The molecule has 0 bridgehead atoms. The predicted octanol–water partition coefficient (Wildman–Crippen LogP) is 12.7. The van der Waals surface area contributed by atoms with E-state index in [9.17, 15) is 0 Å². The molecular formula is C51H34N4O. The van der Waals surface area contributed by atoms with Crippen molar-refractivity contribution in [2.45, 2.75) is 12.0 Å². The minimum absolute atomic E-state index is 0.153. The summed E-state index contributed by atoms with van der Waals surface area (Å²) in [6.45, 7) is 0. The molecule has 2 aliphatic rings. The molecule has 3 heterocycles. The maximum atomic E-state index is 6.65. The monoisotopic (exact) mass is 718 g/mol. The van der Waals surface area contributed by atoms with Crippen molar-refractivity contribution in [2.75, 3.05) is 4.90 Å². The molecular weight excluding hydrogens is 685 g/mol. The summed E-state index contributed by atoms with van der Waals surface area (Å²) in [7, 11) is 0. The van der Waals surface area contributed by atoms with Crippen LogP contribution >= 0.6 is 0 Å². The number of hydrogen-bond acceptors (Lipinski definition) is 5. The van der Waals surface area contributed by atoms with E-state index in [1.54, 1.807) is 0 Å². The van der Waals surface area contributed by atoms with Crippen molar-refractivity contribution < 1.29 is 4.42 Å². The number of anilines is 2. The van der Waals surface area contributed by atoms with Gasteiger partial charge < -0.3 is 9.32 Å². The Morgan fingerprint density at radius 2 is 1.07 bits per heavy atom. The fourth-order valence-electron chi connectivity index (χ4n) is 8.41. The first kappa shape index (κ1) is 32.1. The third-order valence-electron chi connectivity index (χ3n) is 11.1. The van der Waals surface area contributed by atoms with Gasteiger partial charge in [-0.1, -0.05) is 164 Å². The average molecular weight is 719 g/mol. The highest BCUT2D eigenvalue weighted by Gasteiger charge is 2.38. The van der Waals surface area contributed by atoms with Crippen LogP contribution in [-0.4, -0.2) is 21.0 Å². The lowest BCUT2D eigenvalue weighted by Crippen LogP contribution is -2.29. The molecule has 0 spiro atoms. The molecule has 2 atom stereocenters. The average Bonchev–Trinajstić information content (AvgIpc) is 3.82. The van der Waals surface area contributed by atoms with Gasteiger partial charge in [0.05, 0.1) is 6.04 Å². The van der Waals surface area contributed by atoms with Gasteiger partial charge in [-0.2, -0.15) is 0 Å². The molecule has 0 saturated heterocycles. The van der Waals surface area contributed by atoms with Gasteiger partial charge in [-0.15, -0.1) is 0 Å². The van der Waals surface area contributed by atoms with E-state index in [-0.39, 0.29) is 12.0 Å². The van der Waals surface area contributed by atoms with Crippen LogP contribution in [0, 0.1) is 0 Å². The van der Waals surface area contributed by atoms with Crippen LogP contribution in [0.15, 0.2) is 199 Å². The number of benzene rings is 7. The number of rotatable bonds is 6. The van der Waals surface area contributed by atoms with Crippen LogP contribution in [0.1, 0.15) is 17.0 Å². The third kappa shape index (κ3) is 5.44. The van der Waals surface area contributed by atoms with Crippen molar-refractivity contribution in [3.05, 3.63) is 205 Å². The molecule has 0 saturated carbocycles. The summed E-state index contributed by atoms with van der Waals surface area (Å²) in [5.41, 5.74) is 12.9. The molecule has 5 heteroatoms. The lowest BCUT2D eigenvalue weighted by molar-refractivity contribution is 0.668. The molecule has 7 aromatic carbocycles. The van der Waals surface area contributed by atoms with Gasteiger partial charge in [0.25, 0.3) is 0 Å². The number of hydrogen-bond donors (Lipinski definition) is 0. The fraction of sp³-hybridized carbons (Fsp3) is 0.0392. The maximum Gasteiger partial charge on any atom is 0.164 e. The van der Waals surface area contributed by atoms with Gasteiger partial charge in [-0.25, -0.2) is 15.0 Å². The summed E-state index contributed by atoms with van der Waals surface area (Å²) < 4.78 is 6.65. The van der Waals surface area contributed by atoms with Crippen LogP contribution in [0.3, 0.4) is 0 Å². The Hall–Kier alpha value is -7.37. The highest BCUT2D eigenvalue weighted by Crippen LogP contribution is 2.50. The van der Waals surface area contributed by atoms with E-state index < -0.39 is 0 Å². The summed E-state index contributed by atoms with van der Waals surface area (Å²) in [5.74, 6) is 2.20. The molecule has 0 radical (unpaired) electrons. The fourth-order valence-corrected chi connectivity index (χ4v) is 8.41. The van der Waals surface area contributed by atoms with Crippen molar-refractivity contribution in [3.8, 4) is 45.3 Å². The second-order valence-corrected chi connectivity index (χ2v) is 14.4. The molecule has 0 fully saturated rings. The molecule has 0 amide bonds. The molecule has 264 valence electrons. The topological polar surface area (TPSA) is 55.1 Å². The number of allylic oxidation sites excluding steroid dienone is 2. The van der Waals surface area contributed by atoms with Crippen LogP contribution in [0.5, 0.6) is 0 Å². The lowest BCUT2D eigenvalue weighted by Gasteiger charge is -2.30. The Morgan fingerprint density at radius 3 is 1.75 bits per heavy atom. The maximum absolute atomic E-state index is 6.65. The van der Waals surface area contributed by atoms with Crippen LogP contribution in [0.4, 0.5) is 11.4 Å². The Balaban J connectivity index is 0.969. The second kappa shape index (κ2) is 13.2. The molecule has 9 aromatic rings. The number of furan rings is 1. The van der Waals surface area contributed by atoms with E-state index in [0.717, 1.165) is 55.4 Å². The van der Waals surface area contributed by atoms with Crippen LogP contribution in [0.2, 0.25) is 0 Å². The van der Waals surface area contributed by atoms with Gasteiger partial charge in [0.15, 0.2) is 17.5 Å². The number of aromatic nitrogens is 3. The van der Waals surface area contributed by atoms with E-state index in [4.69, 9.17) is 19.4 Å². The highest BCUT2D eigenvalue weighted by atomic mass is 16.3. The Morgan fingerprint density at radius 1 is 0.482 bits per heavy atom. The largest absolute Gasteiger partial charge is 0.456 e. The molecule has 11 rings (SSSR count). The summed E-state index contributed by atoms with van der Waals surface area (Å²) >= 11 is 0. The molecule has 0 N–H and O–H groups in total. The van der Waals surface area contributed by atoms with Crippen LogP contribution in [0.25, 0.3) is 72.8 Å². The van der Waals surface area contributed by atoms with Crippen LogP contribution in [-0.2, 0) is 0 Å². The van der Waals surface area contributed by atoms with E-state index in [0.29, 0.717) is 17.5 Å². The van der Waals surface area contributed by atoms with Crippen molar-refractivity contribution >= 4 is 38.9 Å². The first-order chi connectivity index (χ1) is 27.7. The molecule has 56 heavy (non-hydrogen) atoms. The number of para-hydroxylation sites is 1. The zero-order chi connectivity index (χ0) is 37.0. The first-order valence-electron chi connectivity index (χ1n) is 19.0. The summed E-state index contributed by atoms with van der Waals surface area (Å²) in [4.78, 5) is 17.2. The predicted molar refractivity (Wildman–Crippen MR) is 228 cm³/mol. The van der Waals surface area contributed by atoms with Crippen molar-refractivity contribution in [1.29, 1.82) is 0 Å². The van der Waals surface area contributed by atoms with Gasteiger partial charge in [0, 0.05) is 50.8 Å². The molecule has 1 aliphatic carbocycles. The molecule has 2 aromatic heterocycles. The van der Waals surface area contributed by atoms with Gasteiger partial charge >= 0.3 is 0 Å². The third-order valence-corrected chi connectivity index (χ3v) is 11.1. The van der Waals surface area contributed by atoms with Crippen LogP contribution < -0.4 is 4.90 Å². The lowest BCUT2D eigenvalue weighted by atomic mass is 9.87. The second-order valence-electron chi connectivity index (χ2n) is 14.4. The van der Waals surface area contributed by atoms with Crippen molar-refractivity contribution in [2.24, 2.45) is 0 Å². The van der Waals surface area contributed by atoms with Gasteiger partial charge in [-0.3, -0.25) is 0 Å². The van der Waals surface area contributed by atoms with E-state index in [1.807, 2.05) is 60.7 Å². The van der Waals surface area contributed by atoms with E-state index in [2.05, 4.69) is 138 Å². The SMILES string of the molecule is C1=CC2c3ccccc3N(c3ccc4c(c3)oc3cccc(-c5ccc(-c6nc(-c7ccccc7)nc(-c7ccccc7)n6)cc5)c34)C2C=C1c1ccccc1. The minimum atomic E-state index is 0.153. The Bertz CT molecular complexity index is 2910. The van der Waals surface area contributed by atoms with E-state index >= 15 is 0 Å². The Labute approximate surface area is 324 Å². The molecule has 5 nitrogen and oxygen atoms in total. The minimum Gasteiger partial charge on any atom is -0.456 e. The molecule has 1 aliphatic heterocycles. The zero-order valence-electron chi connectivity index (χ0n) is 30.3. The summed E-state index contributed by atoms with van der Waals surface area (Å²) in [6.07, 6.45) is 7.07. The normalized spacial score (nSPS) is 15.9. The Kier molecular flexibility index (Phi) is 7.56. The quantitative estimate of drug-likeness (QED) is 0.171. The van der Waals surface area contributed by atoms with Gasteiger partial charge in [0.1, 0.15) is 11.2 Å². The smallest absolute Gasteiger partial charge is 0.164 e. The summed E-state index contributed by atoms with van der Waals surface area (Å²) in [6, 6.07) is 61.3. The van der Waals surface area contributed by atoms with Gasteiger partial charge in [0.2, 0.25) is 0 Å². The number of fused-ring (bicyclic) bond motifs is 6. The molecule has 2 unspecified atom stereocenters. The summed E-state index contributed by atoms with van der Waals surface area (Å²) in [5, 5.41) is 2.19. The number of nitrogens with zero attached hydrogens (tertiary/aromatic N) is 4. The van der Waals surface area contributed by atoms with Crippen molar-refractivity contribution in [1.82, 2.24) is 15.0 Å². The standard InChI is InChI=1S/C51H34N4O/c1-4-13-33(14-5-1)38-27-29-42-41-19-10-11-21-44(41)55(45(42)31-38)39-28-30-43-47(32-39)56-46-22-12-20-40(48(43)46)34-23-25-37(26-24-34)51-53-49(35-15-6-2-7-16-35)52-50(54-51)36-17-8-3-9-18-36/h1-32,42,45H. The van der Waals surface area contributed by atoms with Gasteiger partial charge in [-0.05, 0) is 52.1 Å². The van der Waals surface area contributed by atoms with E-state index in [1.165, 1.54) is 22.4 Å². The highest BCUT2D eigenvalue weighted by molar-refractivity contribution is 6.13. The first-order valence-corrected chi connectivity index (χ1v) is 19.0. The zero-order valence-corrected chi connectivity index (χ0v) is 30.3.